The van der Waals surface area contributed by atoms with Gasteiger partial charge in [-0.25, -0.2) is 0 Å². The summed E-state index contributed by atoms with van der Waals surface area (Å²) in [5, 5.41) is 2.57. The Labute approximate surface area is 59.6 Å². The van der Waals surface area contributed by atoms with Gasteiger partial charge < -0.3 is 10.1 Å². The number of rotatable bonds is 5. The standard InChI is InChI=1S/C6H11NO3/c1-6(9)7-3-2-4-10-5-8/h5H,2-4H2,1H3,(H,7,9). The molecule has 0 saturated carbocycles. The van der Waals surface area contributed by atoms with Gasteiger partial charge in [-0.3, -0.25) is 9.59 Å². The van der Waals surface area contributed by atoms with Crippen molar-refractivity contribution < 1.29 is 14.3 Å². The van der Waals surface area contributed by atoms with Crippen molar-refractivity contribution in [3.8, 4) is 0 Å². The van der Waals surface area contributed by atoms with Gasteiger partial charge in [0.15, 0.2) is 0 Å². The van der Waals surface area contributed by atoms with Gasteiger partial charge in [0.05, 0.1) is 6.61 Å². The van der Waals surface area contributed by atoms with Gasteiger partial charge in [0, 0.05) is 13.5 Å². The minimum absolute atomic E-state index is 0.0638. The highest BCUT2D eigenvalue weighted by Gasteiger charge is 1.89. The van der Waals surface area contributed by atoms with Crippen LogP contribution < -0.4 is 5.32 Å². The van der Waals surface area contributed by atoms with Crippen LogP contribution in [0, 0.1) is 0 Å². The van der Waals surface area contributed by atoms with Gasteiger partial charge >= 0.3 is 0 Å². The summed E-state index contributed by atoms with van der Waals surface area (Å²) in [6.07, 6.45) is 0.665. The highest BCUT2D eigenvalue weighted by atomic mass is 16.5. The molecule has 1 amide bonds. The lowest BCUT2D eigenvalue weighted by molar-refractivity contribution is -0.128. The fourth-order valence-corrected chi connectivity index (χ4v) is 0.468. The normalized spacial score (nSPS) is 8.50. The van der Waals surface area contributed by atoms with Gasteiger partial charge in [0.1, 0.15) is 0 Å². The summed E-state index contributed by atoms with van der Waals surface area (Å²) in [5.41, 5.74) is 0. The summed E-state index contributed by atoms with van der Waals surface area (Å²) in [6.45, 7) is 2.77. The van der Waals surface area contributed by atoms with Crippen molar-refractivity contribution in [1.29, 1.82) is 0 Å². The quantitative estimate of drug-likeness (QED) is 0.426. The molecular weight excluding hydrogens is 134 g/mol. The molecule has 0 bridgehead atoms. The molecular formula is C6H11NO3. The topological polar surface area (TPSA) is 55.4 Å². The SMILES string of the molecule is CC(=O)NCCCOC=O. The fourth-order valence-electron chi connectivity index (χ4n) is 0.468. The molecule has 0 aromatic carbocycles. The Morgan fingerprint density at radius 1 is 1.70 bits per heavy atom. The molecule has 0 spiro atoms. The maximum atomic E-state index is 10.3. The number of nitrogens with one attached hydrogen (secondary N) is 1. The molecule has 0 atom stereocenters. The molecule has 10 heavy (non-hydrogen) atoms. The van der Waals surface area contributed by atoms with Crippen molar-refractivity contribution in [2.45, 2.75) is 13.3 Å². The molecule has 0 heterocycles. The summed E-state index contributed by atoms with van der Waals surface area (Å²) in [4.78, 5) is 19.8. The van der Waals surface area contributed by atoms with E-state index in [0.29, 0.717) is 26.0 Å². The van der Waals surface area contributed by atoms with Crippen molar-refractivity contribution >= 4 is 12.4 Å². The van der Waals surface area contributed by atoms with Gasteiger partial charge in [0.25, 0.3) is 6.47 Å². The van der Waals surface area contributed by atoms with Gasteiger partial charge in [-0.05, 0) is 6.42 Å². The van der Waals surface area contributed by atoms with Crippen LogP contribution in [-0.2, 0) is 14.3 Å². The molecule has 0 unspecified atom stereocenters. The summed E-state index contributed by atoms with van der Waals surface area (Å²) in [6, 6.07) is 0. The Balaban J connectivity index is 2.90. The first kappa shape index (κ1) is 8.94. The zero-order valence-electron chi connectivity index (χ0n) is 5.92. The van der Waals surface area contributed by atoms with Crippen LogP contribution in [0.3, 0.4) is 0 Å². The van der Waals surface area contributed by atoms with E-state index in [1.165, 1.54) is 6.92 Å². The lowest BCUT2D eigenvalue weighted by Crippen LogP contribution is -2.21. The van der Waals surface area contributed by atoms with Crippen LogP contribution in [0.25, 0.3) is 0 Å². The van der Waals surface area contributed by atoms with Gasteiger partial charge in [0.2, 0.25) is 5.91 Å². The highest BCUT2D eigenvalue weighted by molar-refractivity contribution is 5.72. The summed E-state index contributed by atoms with van der Waals surface area (Å²) < 4.78 is 4.38. The minimum atomic E-state index is -0.0638. The molecule has 58 valence electrons. The monoisotopic (exact) mass is 145 g/mol. The van der Waals surface area contributed by atoms with Crippen molar-refractivity contribution in [2.24, 2.45) is 0 Å². The third kappa shape index (κ3) is 6.94. The van der Waals surface area contributed by atoms with E-state index >= 15 is 0 Å². The second-order valence-corrected chi connectivity index (χ2v) is 1.80. The van der Waals surface area contributed by atoms with Crippen molar-refractivity contribution in [1.82, 2.24) is 5.32 Å². The average molecular weight is 145 g/mol. The van der Waals surface area contributed by atoms with E-state index < -0.39 is 0 Å². The molecule has 0 aromatic rings. The summed E-state index contributed by atoms with van der Waals surface area (Å²) >= 11 is 0. The van der Waals surface area contributed by atoms with Crippen LogP contribution in [0.2, 0.25) is 0 Å². The Kier molecular flexibility index (Phi) is 5.42. The number of ether oxygens (including phenoxy) is 1. The number of hydrogen-bond donors (Lipinski definition) is 1. The Morgan fingerprint density at radius 2 is 2.40 bits per heavy atom. The van der Waals surface area contributed by atoms with E-state index in [-0.39, 0.29) is 5.91 Å². The molecule has 0 rings (SSSR count). The average Bonchev–Trinajstić information content (AvgIpc) is 1.87. The zero-order chi connectivity index (χ0) is 7.82. The van der Waals surface area contributed by atoms with Gasteiger partial charge in [-0.15, -0.1) is 0 Å². The molecule has 0 radical (unpaired) electrons. The highest BCUT2D eigenvalue weighted by Crippen LogP contribution is 1.76. The first-order chi connectivity index (χ1) is 4.77. The van der Waals surface area contributed by atoms with E-state index in [2.05, 4.69) is 10.1 Å². The Hall–Kier alpha value is -1.06. The predicted octanol–water partition coefficient (Wildman–Crippen LogP) is -0.314. The molecule has 0 saturated heterocycles. The van der Waals surface area contributed by atoms with E-state index in [4.69, 9.17) is 0 Å². The first-order valence-electron chi connectivity index (χ1n) is 3.07. The number of carbonyl (C=O) groups is 2. The van der Waals surface area contributed by atoms with Crippen LogP contribution in [0.15, 0.2) is 0 Å². The van der Waals surface area contributed by atoms with Crippen LogP contribution in [0.4, 0.5) is 0 Å². The molecule has 0 fully saturated rings. The van der Waals surface area contributed by atoms with E-state index in [9.17, 15) is 9.59 Å². The summed E-state index contributed by atoms with van der Waals surface area (Å²) in [7, 11) is 0. The first-order valence-corrected chi connectivity index (χ1v) is 3.07. The second-order valence-electron chi connectivity index (χ2n) is 1.80. The lowest BCUT2D eigenvalue weighted by atomic mass is 10.4. The summed E-state index contributed by atoms with van der Waals surface area (Å²) in [5.74, 6) is -0.0638. The van der Waals surface area contributed by atoms with Gasteiger partial charge in [-0.1, -0.05) is 0 Å². The van der Waals surface area contributed by atoms with Crippen molar-refractivity contribution in [3.63, 3.8) is 0 Å². The largest absolute Gasteiger partial charge is 0.468 e. The predicted molar refractivity (Wildman–Crippen MR) is 35.3 cm³/mol. The number of carbonyl (C=O) groups excluding carboxylic acids is 2. The minimum Gasteiger partial charge on any atom is -0.468 e. The smallest absolute Gasteiger partial charge is 0.293 e. The Bertz CT molecular complexity index is 114. The lowest BCUT2D eigenvalue weighted by Gasteiger charge is -1.99. The van der Waals surface area contributed by atoms with Crippen LogP contribution >= 0.6 is 0 Å². The molecule has 0 aliphatic carbocycles. The number of hydrogen-bond acceptors (Lipinski definition) is 3. The third-order valence-electron chi connectivity index (χ3n) is 0.881. The van der Waals surface area contributed by atoms with E-state index in [1.54, 1.807) is 0 Å². The Morgan fingerprint density at radius 3 is 2.90 bits per heavy atom. The van der Waals surface area contributed by atoms with Gasteiger partial charge in [-0.2, -0.15) is 0 Å². The van der Waals surface area contributed by atoms with Crippen molar-refractivity contribution in [3.05, 3.63) is 0 Å². The fraction of sp³-hybridized carbons (Fsp3) is 0.667. The van der Waals surface area contributed by atoms with Crippen LogP contribution in [0.1, 0.15) is 13.3 Å². The maximum absolute atomic E-state index is 10.3. The third-order valence-corrected chi connectivity index (χ3v) is 0.881. The maximum Gasteiger partial charge on any atom is 0.293 e. The number of amides is 1. The zero-order valence-corrected chi connectivity index (χ0v) is 5.92. The molecule has 1 N–H and O–H groups in total. The molecule has 0 aromatic heterocycles. The van der Waals surface area contributed by atoms with Crippen LogP contribution in [-0.4, -0.2) is 25.5 Å². The van der Waals surface area contributed by atoms with Crippen LogP contribution in [0.5, 0.6) is 0 Å². The molecule has 4 heteroatoms. The second kappa shape index (κ2) is 6.07. The molecule has 0 aliphatic heterocycles. The van der Waals surface area contributed by atoms with Crippen molar-refractivity contribution in [2.75, 3.05) is 13.2 Å². The van der Waals surface area contributed by atoms with E-state index in [1.807, 2.05) is 0 Å². The molecule has 4 nitrogen and oxygen atoms in total. The van der Waals surface area contributed by atoms with E-state index in [0.717, 1.165) is 0 Å². The molecule has 0 aliphatic rings.